The van der Waals surface area contributed by atoms with E-state index in [-0.39, 0.29) is 5.82 Å². The zero-order valence-corrected chi connectivity index (χ0v) is 22.5. The van der Waals surface area contributed by atoms with Crippen molar-refractivity contribution in [3.8, 4) is 0 Å². The molecule has 1 aromatic carbocycles. The molecule has 12 nitrogen and oxygen atoms in total. The molecule has 2 aliphatic rings. The molecule has 0 bridgehead atoms. The average Bonchev–Trinajstić information content (AvgIpc) is 3.33. The highest BCUT2D eigenvalue weighted by Gasteiger charge is 2.55. The molecule has 37 heavy (non-hydrogen) atoms. The van der Waals surface area contributed by atoms with E-state index in [1.54, 1.807) is 32.0 Å². The number of nitrogens with zero attached hydrogens (tertiary/aromatic N) is 4. The number of hydrogen-bond donors (Lipinski definition) is 3. The Bertz CT molecular complexity index is 1390. The smallest absolute Gasteiger partial charge is 0.387 e. The summed E-state index contributed by atoms with van der Waals surface area (Å²) in [6.07, 6.45) is -1.28. The first-order chi connectivity index (χ1) is 17.3. The van der Waals surface area contributed by atoms with Gasteiger partial charge in [-0.25, -0.2) is 19.5 Å². The lowest BCUT2D eigenvalue weighted by atomic mass is 9.96. The molecule has 15 heteroatoms. The number of rotatable bonds is 5. The maximum absolute atomic E-state index is 13.6. The Balaban J connectivity index is 1.35. The second-order valence-corrected chi connectivity index (χ2v) is 12.2. The van der Waals surface area contributed by atoms with Crippen molar-refractivity contribution in [1.29, 1.82) is 0 Å². The Labute approximate surface area is 222 Å². The first-order valence-corrected chi connectivity index (χ1v) is 13.6. The van der Waals surface area contributed by atoms with Gasteiger partial charge in [0.1, 0.15) is 29.7 Å². The molecule has 0 spiro atoms. The zero-order chi connectivity index (χ0) is 26.8. The number of phosphoric ester groups is 1. The number of aliphatic hydroxyl groups excluding tert-OH is 1. The van der Waals surface area contributed by atoms with Crippen molar-refractivity contribution in [2.24, 2.45) is 0 Å². The number of halogens is 2. The van der Waals surface area contributed by atoms with Gasteiger partial charge in [0.25, 0.3) is 0 Å². The number of phosphoric acid groups is 1. The van der Waals surface area contributed by atoms with Crippen molar-refractivity contribution in [2.75, 3.05) is 12.3 Å². The molecule has 2 unspecified atom stereocenters. The van der Waals surface area contributed by atoms with Gasteiger partial charge in [-0.05, 0) is 38.5 Å². The molecule has 0 saturated carbocycles. The summed E-state index contributed by atoms with van der Waals surface area (Å²) in [6, 6.07) is 4.99. The van der Waals surface area contributed by atoms with Gasteiger partial charge < -0.3 is 20.7 Å². The van der Waals surface area contributed by atoms with E-state index in [1.165, 1.54) is 24.1 Å². The third-order valence-electron chi connectivity index (χ3n) is 6.40. The number of anilines is 1. The molecule has 200 valence electrons. The number of aliphatic hydroxyl groups is 2. The predicted molar refractivity (Wildman–Crippen MR) is 134 cm³/mol. The average molecular weight is 574 g/mol. The Morgan fingerprint density at radius 3 is 2.73 bits per heavy atom. The summed E-state index contributed by atoms with van der Waals surface area (Å²) in [4.78, 5) is 12.2. The number of benzene rings is 1. The molecule has 0 amide bonds. The van der Waals surface area contributed by atoms with E-state index in [2.05, 4.69) is 15.0 Å². The third kappa shape index (κ3) is 4.98. The van der Waals surface area contributed by atoms with Gasteiger partial charge in [0.2, 0.25) is 0 Å². The quantitative estimate of drug-likeness (QED) is 0.380. The molecule has 4 N–H and O–H groups in total. The summed E-state index contributed by atoms with van der Waals surface area (Å²) in [5, 5.41) is 22.7. The van der Waals surface area contributed by atoms with Crippen molar-refractivity contribution in [3.05, 3.63) is 46.5 Å². The summed E-state index contributed by atoms with van der Waals surface area (Å²) >= 11 is 12.2. The lowest BCUT2D eigenvalue weighted by molar-refractivity contribution is -0.0967. The summed E-state index contributed by atoms with van der Waals surface area (Å²) in [7, 11) is -4.13. The minimum absolute atomic E-state index is 0.158. The number of imidazole rings is 1. The number of hydrogen-bond acceptors (Lipinski definition) is 11. The van der Waals surface area contributed by atoms with Crippen molar-refractivity contribution in [1.82, 2.24) is 19.5 Å². The molecule has 2 aliphatic heterocycles. The second kappa shape index (κ2) is 9.41. The first-order valence-electron chi connectivity index (χ1n) is 11.4. The summed E-state index contributed by atoms with van der Waals surface area (Å²) < 4.78 is 38.0. The van der Waals surface area contributed by atoms with Crippen LogP contribution in [0, 0.1) is 0 Å². The van der Waals surface area contributed by atoms with Gasteiger partial charge in [-0.1, -0.05) is 29.3 Å². The van der Waals surface area contributed by atoms with Crippen LogP contribution in [0.15, 0.2) is 30.9 Å². The third-order valence-corrected chi connectivity index (χ3v) is 8.83. The topological polar surface area (TPSA) is 164 Å². The van der Waals surface area contributed by atoms with Crippen LogP contribution in [-0.2, 0) is 22.9 Å². The maximum atomic E-state index is 13.6. The highest BCUT2D eigenvalue weighted by molar-refractivity contribution is 7.48. The van der Waals surface area contributed by atoms with E-state index in [0.717, 1.165) is 0 Å². The summed E-state index contributed by atoms with van der Waals surface area (Å²) in [5.41, 5.74) is 4.48. The molecule has 2 fully saturated rings. The van der Waals surface area contributed by atoms with Crippen molar-refractivity contribution >= 4 is 48.0 Å². The molecule has 2 saturated heterocycles. The van der Waals surface area contributed by atoms with Crippen molar-refractivity contribution < 1.29 is 33.1 Å². The van der Waals surface area contributed by atoms with Crippen LogP contribution in [0.5, 0.6) is 0 Å². The van der Waals surface area contributed by atoms with Gasteiger partial charge in [-0.15, -0.1) is 0 Å². The van der Waals surface area contributed by atoms with E-state index in [0.29, 0.717) is 33.2 Å². The number of aromatic nitrogens is 4. The van der Waals surface area contributed by atoms with Crippen molar-refractivity contribution in [2.45, 2.75) is 62.9 Å². The fraction of sp³-hybridized carbons (Fsp3) is 0.500. The van der Waals surface area contributed by atoms with E-state index in [4.69, 9.17) is 47.2 Å². The van der Waals surface area contributed by atoms with Crippen molar-refractivity contribution in [3.63, 3.8) is 0 Å². The Kier molecular flexibility index (Phi) is 6.80. The van der Waals surface area contributed by atoms with Gasteiger partial charge in [0.05, 0.1) is 34.7 Å². The molecule has 4 heterocycles. The lowest BCUT2D eigenvalue weighted by Crippen LogP contribution is -2.44. The van der Waals surface area contributed by atoms with Crippen LogP contribution in [0.1, 0.15) is 45.1 Å². The monoisotopic (exact) mass is 573 g/mol. The van der Waals surface area contributed by atoms with Gasteiger partial charge in [-0.2, -0.15) is 0 Å². The van der Waals surface area contributed by atoms with Gasteiger partial charge in [-0.3, -0.25) is 18.1 Å². The van der Waals surface area contributed by atoms with Gasteiger partial charge in [0, 0.05) is 6.42 Å². The second-order valence-electron chi connectivity index (χ2n) is 9.85. The highest BCUT2D eigenvalue weighted by Crippen LogP contribution is 2.62. The fourth-order valence-corrected chi connectivity index (χ4v) is 6.51. The van der Waals surface area contributed by atoms with E-state index < -0.39 is 50.2 Å². The van der Waals surface area contributed by atoms with Crippen LogP contribution in [0.2, 0.25) is 10.0 Å². The van der Waals surface area contributed by atoms with Crippen LogP contribution in [-0.4, -0.2) is 59.7 Å². The molecular formula is C22H26Cl2N5O7P. The Hall–Kier alpha value is -1.86. The fourth-order valence-electron chi connectivity index (χ4n) is 4.53. The predicted octanol–water partition coefficient (Wildman–Crippen LogP) is 3.81. The van der Waals surface area contributed by atoms with Crippen LogP contribution in [0.4, 0.5) is 5.82 Å². The SMILES string of the molecule is CC1(C)CC(c2ccc(Cl)c(Cl)c2)OP(=O)(OC[C@H]2O[C@@H](n3cnc4c(N)ncnc43)[C@](C)(O)[C@@H]2O)O1. The highest BCUT2D eigenvalue weighted by atomic mass is 35.5. The van der Waals surface area contributed by atoms with Gasteiger partial charge >= 0.3 is 7.82 Å². The van der Waals surface area contributed by atoms with E-state index in [1.807, 2.05) is 0 Å². The van der Waals surface area contributed by atoms with E-state index >= 15 is 0 Å². The molecule has 5 rings (SSSR count). The molecule has 2 aromatic heterocycles. The minimum atomic E-state index is -4.13. The summed E-state index contributed by atoms with van der Waals surface area (Å²) in [6.45, 7) is 4.52. The molecule has 0 radical (unpaired) electrons. The maximum Gasteiger partial charge on any atom is 0.476 e. The van der Waals surface area contributed by atoms with Crippen LogP contribution in [0.25, 0.3) is 11.2 Å². The Morgan fingerprint density at radius 2 is 2.00 bits per heavy atom. The molecule has 0 aliphatic carbocycles. The lowest BCUT2D eigenvalue weighted by Gasteiger charge is -2.39. The first kappa shape index (κ1) is 26.7. The Morgan fingerprint density at radius 1 is 1.24 bits per heavy atom. The van der Waals surface area contributed by atoms with Crippen LogP contribution in [0.3, 0.4) is 0 Å². The van der Waals surface area contributed by atoms with Crippen LogP contribution < -0.4 is 5.73 Å². The number of nitrogen functional groups attached to an aromatic ring is 1. The molecule has 3 aromatic rings. The van der Waals surface area contributed by atoms with Crippen LogP contribution >= 0.6 is 31.0 Å². The van der Waals surface area contributed by atoms with E-state index in [9.17, 15) is 14.8 Å². The normalized spacial score (nSPS) is 33.7. The van der Waals surface area contributed by atoms with Gasteiger partial charge in [0.15, 0.2) is 17.7 Å². The number of nitrogens with two attached hydrogens (primary N) is 1. The number of fused-ring (bicyclic) bond motifs is 1. The molecule has 6 atom stereocenters. The minimum Gasteiger partial charge on any atom is -0.387 e. The standard InChI is InChI=1S/C22H26Cl2N5O7P/c1-21(2)7-14(11-4-5-12(23)13(24)6-11)35-37(32,36-21)33-8-15-17(30)22(3,31)20(34-15)29-10-28-16-18(25)26-9-27-19(16)29/h4-6,9-10,14-15,17,20,30-31H,7-8H2,1-3H3,(H2,25,26,27)/t14?,15-,17-,20-,22-,37?/m1/s1. The summed E-state index contributed by atoms with van der Waals surface area (Å²) in [5.74, 6) is 0.158. The largest absolute Gasteiger partial charge is 0.476 e. The number of ether oxygens (including phenoxy) is 1. The molecular weight excluding hydrogens is 548 g/mol. The zero-order valence-electron chi connectivity index (χ0n) is 20.1.